The third-order valence-electron chi connectivity index (χ3n) is 2.57. The maximum atomic E-state index is 11.3. The highest BCUT2D eigenvalue weighted by Crippen LogP contribution is 2.45. The molecule has 1 heterocycles. The van der Waals surface area contributed by atoms with Gasteiger partial charge in [-0.1, -0.05) is 0 Å². The van der Waals surface area contributed by atoms with Gasteiger partial charge in [-0.15, -0.1) is 0 Å². The molecule has 1 aliphatic heterocycles. The molecular weight excluding hydrogens is 313 g/mol. The van der Waals surface area contributed by atoms with Crippen LogP contribution in [0.2, 0.25) is 0 Å². The number of hydrogen-bond donors (Lipinski definition) is 2. The molecule has 2 radical (unpaired) electrons. The Morgan fingerprint density at radius 3 is 2.30 bits per heavy atom. The maximum Gasteiger partial charge on any atom is 0.472 e. The van der Waals surface area contributed by atoms with Crippen molar-refractivity contribution in [3.8, 4) is 0 Å². The largest absolute Gasteiger partial charge is 0.472 e. The minimum atomic E-state index is -4.16. The average Bonchev–Trinajstić information content (AvgIpc) is 2.61. The number of rotatable bonds is 7. The second kappa shape index (κ2) is 7.00. The van der Waals surface area contributed by atoms with E-state index in [1.807, 2.05) is 0 Å². The molecular formula is C8H17BO9P2. The summed E-state index contributed by atoms with van der Waals surface area (Å²) in [5.74, 6) is 0. The molecule has 0 aromatic rings. The maximum absolute atomic E-state index is 11.3. The molecule has 0 saturated carbocycles. The van der Waals surface area contributed by atoms with E-state index < -0.39 is 39.7 Å². The normalized spacial score (nSPS) is 36.5. The Morgan fingerprint density at radius 2 is 1.85 bits per heavy atom. The number of methoxy groups -OCH3 is 1. The van der Waals surface area contributed by atoms with Gasteiger partial charge in [0.15, 0.2) is 0 Å². The van der Waals surface area contributed by atoms with E-state index in [1.165, 1.54) is 7.11 Å². The van der Waals surface area contributed by atoms with E-state index in [0.29, 0.717) is 0 Å². The summed E-state index contributed by atoms with van der Waals surface area (Å²) in [6.07, 6.45) is -2.68. The van der Waals surface area contributed by atoms with Crippen LogP contribution in [-0.2, 0) is 32.2 Å². The zero-order chi connectivity index (χ0) is 15.6. The highest BCUT2D eigenvalue weighted by molar-refractivity contribution is 7.51. The summed E-state index contributed by atoms with van der Waals surface area (Å²) in [4.78, 5) is 18.4. The highest BCUT2D eigenvalue weighted by Gasteiger charge is 2.46. The van der Waals surface area contributed by atoms with E-state index in [4.69, 9.17) is 26.7 Å². The molecule has 9 nitrogen and oxygen atoms in total. The topological polar surface area (TPSA) is 121 Å². The summed E-state index contributed by atoms with van der Waals surface area (Å²) < 4.78 is 46.6. The molecule has 1 fully saturated rings. The lowest BCUT2D eigenvalue weighted by Crippen LogP contribution is -2.37. The Morgan fingerprint density at radius 1 is 1.25 bits per heavy atom. The van der Waals surface area contributed by atoms with E-state index in [9.17, 15) is 14.0 Å². The molecule has 1 saturated heterocycles. The van der Waals surface area contributed by atoms with Gasteiger partial charge >= 0.3 is 15.4 Å². The van der Waals surface area contributed by atoms with Crippen LogP contribution in [0.1, 0.15) is 0 Å². The molecule has 0 aromatic carbocycles. The van der Waals surface area contributed by atoms with Crippen LogP contribution in [0, 0.1) is 0 Å². The number of phosphoric acid groups is 1. The molecule has 116 valence electrons. The molecule has 2 N–H and O–H groups in total. The molecule has 3 unspecified atom stereocenters. The summed E-state index contributed by atoms with van der Waals surface area (Å²) >= 11 is 0. The second-order valence-electron chi connectivity index (χ2n) is 4.16. The molecule has 1 rings (SSSR count). The van der Waals surface area contributed by atoms with Gasteiger partial charge in [0.25, 0.3) is 0 Å². The zero-order valence-electron chi connectivity index (χ0n) is 11.2. The first-order chi connectivity index (χ1) is 9.09. The van der Waals surface area contributed by atoms with Crippen LogP contribution >= 0.6 is 15.4 Å². The van der Waals surface area contributed by atoms with Gasteiger partial charge in [0.1, 0.15) is 26.2 Å². The van der Waals surface area contributed by atoms with Crippen LogP contribution in [0.3, 0.4) is 0 Å². The molecule has 20 heavy (non-hydrogen) atoms. The third-order valence-corrected chi connectivity index (χ3v) is 4.14. The van der Waals surface area contributed by atoms with Gasteiger partial charge in [-0.25, -0.2) is 4.57 Å². The number of ether oxygens (including phenoxy) is 2. The molecule has 0 aromatic heterocycles. The van der Waals surface area contributed by atoms with Crippen molar-refractivity contribution in [1.29, 1.82) is 0 Å². The van der Waals surface area contributed by atoms with Gasteiger partial charge in [0.2, 0.25) is 0 Å². The van der Waals surface area contributed by atoms with Crippen molar-refractivity contribution in [2.24, 2.45) is 0 Å². The first-order valence-corrected chi connectivity index (χ1v) is 9.07. The van der Waals surface area contributed by atoms with Crippen molar-refractivity contribution < 1.29 is 42.0 Å². The molecule has 6 atom stereocenters. The summed E-state index contributed by atoms with van der Waals surface area (Å²) in [6.45, 7) is 0.649. The molecule has 1 aliphatic rings. The van der Waals surface area contributed by atoms with Gasteiger partial charge in [0.05, 0.1) is 6.61 Å². The van der Waals surface area contributed by atoms with Crippen LogP contribution in [0.5, 0.6) is 0 Å². The lowest BCUT2D eigenvalue weighted by molar-refractivity contribution is -0.0298. The lowest BCUT2D eigenvalue weighted by atomic mass is 9.93. The summed E-state index contributed by atoms with van der Waals surface area (Å²) in [5.41, 5.74) is 0. The van der Waals surface area contributed by atoms with E-state index in [-0.39, 0.29) is 6.61 Å². The predicted octanol–water partition coefficient (Wildman–Crippen LogP) is -0.141. The summed E-state index contributed by atoms with van der Waals surface area (Å²) in [6, 6.07) is -1.03. The fourth-order valence-electron chi connectivity index (χ4n) is 1.74. The highest BCUT2D eigenvalue weighted by atomic mass is 31.2. The van der Waals surface area contributed by atoms with Crippen molar-refractivity contribution in [2.75, 3.05) is 27.5 Å². The Balaban J connectivity index is 2.70. The van der Waals surface area contributed by atoms with Crippen LogP contribution in [0.15, 0.2) is 0 Å². The van der Waals surface area contributed by atoms with Crippen LogP contribution in [0.4, 0.5) is 0 Å². The van der Waals surface area contributed by atoms with Gasteiger partial charge in [0, 0.05) is 26.9 Å². The Labute approximate surface area is 118 Å². The van der Waals surface area contributed by atoms with Gasteiger partial charge in [-0.05, 0) is 0 Å². The van der Waals surface area contributed by atoms with E-state index in [1.54, 1.807) is 0 Å². The van der Waals surface area contributed by atoms with Crippen molar-refractivity contribution in [3.63, 3.8) is 0 Å². The fourth-order valence-corrected chi connectivity index (χ4v) is 2.87. The van der Waals surface area contributed by atoms with Gasteiger partial charge in [-0.3, -0.25) is 13.6 Å². The quantitative estimate of drug-likeness (QED) is 0.485. The Hall–Kier alpha value is 0.245. The Bertz CT molecular complexity index is 413. The molecule has 0 bridgehead atoms. The minimum absolute atomic E-state index is 0.354. The van der Waals surface area contributed by atoms with Crippen LogP contribution in [0.25, 0.3) is 0 Å². The smallest absolute Gasteiger partial charge is 0.377 e. The minimum Gasteiger partial charge on any atom is -0.377 e. The van der Waals surface area contributed by atoms with Gasteiger partial charge in [-0.2, -0.15) is 0 Å². The van der Waals surface area contributed by atoms with E-state index in [0.717, 1.165) is 13.8 Å². The standard InChI is InChI=1S/C8H17BO9P2/c1-14-6-5(4-16-20(12,13)15-2)17-8(9)7(6)18-19(3,10)11/h5-8H,4H2,1-3H3,(H,10,11)(H,12,13)/t5-,6?,7+,8-/m1/s1. The molecule has 12 heteroatoms. The average molecular weight is 330 g/mol. The van der Waals surface area contributed by atoms with Crippen molar-refractivity contribution in [2.45, 2.75) is 24.3 Å². The van der Waals surface area contributed by atoms with Gasteiger partial charge < -0.3 is 23.8 Å². The second-order valence-corrected chi connectivity index (χ2v) is 7.54. The first-order valence-electron chi connectivity index (χ1n) is 5.55. The Kier molecular flexibility index (Phi) is 6.41. The monoisotopic (exact) mass is 330 g/mol. The number of hydrogen-bond acceptors (Lipinski definition) is 7. The SMILES string of the molecule is [B][C@@H]1O[C@H](COP(=O)(O)OC)C(OC)[C@@H]1OP(C)(=O)O. The lowest BCUT2D eigenvalue weighted by Gasteiger charge is -2.23. The first kappa shape index (κ1) is 18.3. The number of phosphoric ester groups is 1. The van der Waals surface area contributed by atoms with Crippen molar-refractivity contribution >= 4 is 23.3 Å². The summed E-state index contributed by atoms with van der Waals surface area (Å²) in [7, 11) is 0.0120. The van der Waals surface area contributed by atoms with Crippen LogP contribution in [-0.4, -0.2) is 69.4 Å². The van der Waals surface area contributed by atoms with E-state index in [2.05, 4.69) is 9.05 Å². The van der Waals surface area contributed by atoms with Crippen molar-refractivity contribution in [1.82, 2.24) is 0 Å². The fraction of sp³-hybridized carbons (Fsp3) is 1.00. The summed E-state index contributed by atoms with van der Waals surface area (Å²) in [5, 5.41) is 0. The molecule has 0 amide bonds. The van der Waals surface area contributed by atoms with Crippen molar-refractivity contribution in [3.05, 3.63) is 0 Å². The third kappa shape index (κ3) is 5.22. The van der Waals surface area contributed by atoms with E-state index >= 15 is 0 Å². The van der Waals surface area contributed by atoms with Crippen LogP contribution < -0.4 is 0 Å². The molecule has 0 spiro atoms. The molecule has 0 aliphatic carbocycles. The predicted molar refractivity (Wildman–Crippen MR) is 68.6 cm³/mol. The zero-order valence-corrected chi connectivity index (χ0v) is 13.0.